The third-order valence-corrected chi connectivity index (χ3v) is 6.50. The number of fused-ring (bicyclic) bond motifs is 2. The largest absolute Gasteiger partial charge is 0.336 e. The first-order valence-corrected chi connectivity index (χ1v) is 10.9. The number of H-pyrrole nitrogens is 2. The zero-order valence-corrected chi connectivity index (χ0v) is 17.9. The molecule has 32 heavy (non-hydrogen) atoms. The van der Waals surface area contributed by atoms with Crippen LogP contribution in [0, 0.1) is 0 Å². The number of allylic oxidation sites excluding steroid dienone is 1. The lowest BCUT2D eigenvalue weighted by Crippen LogP contribution is -1.87. The minimum atomic E-state index is 0.646. The summed E-state index contributed by atoms with van der Waals surface area (Å²) in [5.41, 5.74) is 7.62. The highest BCUT2D eigenvalue weighted by Gasteiger charge is 2.18. The maximum absolute atomic E-state index is 4.87. The number of imidazole rings is 1. The fraction of sp³-hybridized carbons (Fsp3) is 0.0417. The van der Waals surface area contributed by atoms with Crippen LogP contribution in [0.3, 0.4) is 0 Å². The van der Waals surface area contributed by atoms with E-state index in [1.54, 1.807) is 29.9 Å². The van der Waals surface area contributed by atoms with Gasteiger partial charge < -0.3 is 4.98 Å². The van der Waals surface area contributed by atoms with Crippen LogP contribution in [0.4, 0.5) is 0 Å². The summed E-state index contributed by atoms with van der Waals surface area (Å²) in [5.74, 6) is 0.646. The first kappa shape index (κ1) is 18.6. The fourth-order valence-electron chi connectivity index (χ4n) is 3.66. The topological polar surface area (TPSA) is 96.0 Å². The molecule has 0 radical (unpaired) electrons. The van der Waals surface area contributed by atoms with Crippen molar-refractivity contribution in [1.29, 1.82) is 0 Å². The Balaban J connectivity index is 1.49. The quantitative estimate of drug-likeness (QED) is 0.369. The minimum Gasteiger partial charge on any atom is -0.336 e. The van der Waals surface area contributed by atoms with Gasteiger partial charge in [0, 0.05) is 29.0 Å². The number of thiophene rings is 1. The van der Waals surface area contributed by atoms with Crippen LogP contribution in [0.1, 0.15) is 11.8 Å². The first-order chi connectivity index (χ1) is 15.7. The lowest BCUT2D eigenvalue weighted by molar-refractivity contribution is 1.10. The zero-order valence-electron chi connectivity index (χ0n) is 17.1. The maximum atomic E-state index is 4.87. The molecule has 6 heterocycles. The molecule has 0 aliphatic rings. The first-order valence-electron chi connectivity index (χ1n) is 10.0. The maximum Gasteiger partial charge on any atom is 0.161 e. The molecule has 8 heteroatoms. The summed E-state index contributed by atoms with van der Waals surface area (Å²) < 4.78 is 0. The normalized spacial score (nSPS) is 11.4. The van der Waals surface area contributed by atoms with Gasteiger partial charge in [-0.3, -0.25) is 15.1 Å². The Morgan fingerprint density at radius 1 is 0.938 bits per heavy atom. The Hall–Kier alpha value is -4.17. The van der Waals surface area contributed by atoms with E-state index in [-0.39, 0.29) is 0 Å². The van der Waals surface area contributed by atoms with E-state index in [1.807, 2.05) is 37.3 Å². The van der Waals surface area contributed by atoms with Gasteiger partial charge >= 0.3 is 0 Å². The molecular formula is C24H17N7S. The number of nitrogens with zero attached hydrogens (tertiary/aromatic N) is 5. The number of hydrogen-bond acceptors (Lipinski definition) is 6. The highest BCUT2D eigenvalue weighted by Crippen LogP contribution is 2.35. The van der Waals surface area contributed by atoms with Crippen LogP contribution in [-0.2, 0) is 0 Å². The van der Waals surface area contributed by atoms with Crippen LogP contribution in [0.2, 0.25) is 0 Å². The predicted octanol–water partition coefficient (Wildman–Crippen LogP) is 5.72. The number of pyridine rings is 3. The fourth-order valence-corrected chi connectivity index (χ4v) is 4.59. The SMILES string of the molecule is C=C(C)c1ccc(-c2nccc3[nH]c(-c4n[nH]c5ccc(-c6cccnc6)nc45)nc23)s1. The van der Waals surface area contributed by atoms with Crippen molar-refractivity contribution >= 4 is 39.0 Å². The van der Waals surface area contributed by atoms with Gasteiger partial charge in [0.25, 0.3) is 0 Å². The lowest BCUT2D eigenvalue weighted by atomic mass is 10.2. The molecule has 0 unspecified atom stereocenters. The predicted molar refractivity (Wildman–Crippen MR) is 128 cm³/mol. The van der Waals surface area contributed by atoms with Gasteiger partial charge in [0.1, 0.15) is 16.7 Å². The van der Waals surface area contributed by atoms with Gasteiger partial charge in [0.2, 0.25) is 0 Å². The highest BCUT2D eigenvalue weighted by molar-refractivity contribution is 7.16. The molecule has 6 aromatic heterocycles. The van der Waals surface area contributed by atoms with Gasteiger partial charge in [-0.25, -0.2) is 9.97 Å². The molecule has 0 aliphatic carbocycles. The number of rotatable bonds is 4. The summed E-state index contributed by atoms with van der Waals surface area (Å²) in [4.78, 5) is 24.1. The van der Waals surface area contributed by atoms with Crippen molar-refractivity contribution in [2.24, 2.45) is 0 Å². The molecule has 154 valence electrons. The van der Waals surface area contributed by atoms with Crippen molar-refractivity contribution < 1.29 is 0 Å². The zero-order chi connectivity index (χ0) is 21.7. The van der Waals surface area contributed by atoms with Gasteiger partial charge in [0.05, 0.1) is 21.6 Å². The van der Waals surface area contributed by atoms with E-state index in [9.17, 15) is 0 Å². The molecule has 0 atom stereocenters. The molecular weight excluding hydrogens is 418 g/mol. The van der Waals surface area contributed by atoms with Gasteiger partial charge in [-0.05, 0) is 55.0 Å². The van der Waals surface area contributed by atoms with Crippen molar-refractivity contribution in [2.45, 2.75) is 6.92 Å². The molecule has 0 bridgehead atoms. The Labute approximate surface area is 186 Å². The highest BCUT2D eigenvalue weighted by atomic mass is 32.1. The van der Waals surface area contributed by atoms with Gasteiger partial charge in [0.15, 0.2) is 11.5 Å². The summed E-state index contributed by atoms with van der Waals surface area (Å²) in [6.45, 7) is 6.04. The van der Waals surface area contributed by atoms with Crippen LogP contribution >= 0.6 is 11.3 Å². The summed E-state index contributed by atoms with van der Waals surface area (Å²) >= 11 is 1.66. The monoisotopic (exact) mass is 435 g/mol. The summed E-state index contributed by atoms with van der Waals surface area (Å²) in [6, 6.07) is 13.9. The summed E-state index contributed by atoms with van der Waals surface area (Å²) in [6.07, 6.45) is 5.34. The number of aromatic amines is 2. The van der Waals surface area contributed by atoms with Crippen LogP contribution in [0.25, 0.3) is 61.0 Å². The molecule has 7 nitrogen and oxygen atoms in total. The second-order valence-corrected chi connectivity index (χ2v) is 8.58. The van der Waals surface area contributed by atoms with Crippen LogP contribution in [0.5, 0.6) is 0 Å². The van der Waals surface area contributed by atoms with Crippen LogP contribution < -0.4 is 0 Å². The number of nitrogens with one attached hydrogen (secondary N) is 2. The third-order valence-electron chi connectivity index (χ3n) is 5.25. The van der Waals surface area contributed by atoms with Crippen molar-refractivity contribution in [3.8, 4) is 33.3 Å². The molecule has 0 spiro atoms. The smallest absolute Gasteiger partial charge is 0.161 e. The number of hydrogen-bond donors (Lipinski definition) is 2. The average Bonchev–Trinajstić information content (AvgIpc) is 3.56. The van der Waals surface area contributed by atoms with E-state index in [4.69, 9.17) is 9.97 Å². The van der Waals surface area contributed by atoms with Crippen LogP contribution in [0.15, 0.2) is 67.6 Å². The minimum absolute atomic E-state index is 0.646. The van der Waals surface area contributed by atoms with E-state index in [0.717, 1.165) is 54.3 Å². The lowest BCUT2D eigenvalue weighted by Gasteiger charge is -2.00. The Morgan fingerprint density at radius 2 is 1.84 bits per heavy atom. The van der Waals surface area contributed by atoms with E-state index in [0.29, 0.717) is 11.5 Å². The van der Waals surface area contributed by atoms with Crippen molar-refractivity contribution in [1.82, 2.24) is 35.1 Å². The molecule has 0 saturated carbocycles. The van der Waals surface area contributed by atoms with E-state index < -0.39 is 0 Å². The van der Waals surface area contributed by atoms with Gasteiger partial charge in [-0.2, -0.15) is 5.10 Å². The Morgan fingerprint density at radius 3 is 2.66 bits per heavy atom. The number of aromatic nitrogens is 7. The molecule has 0 aliphatic heterocycles. The van der Waals surface area contributed by atoms with Crippen molar-refractivity contribution in [2.75, 3.05) is 0 Å². The Kier molecular flexibility index (Phi) is 4.19. The average molecular weight is 436 g/mol. The summed E-state index contributed by atoms with van der Waals surface area (Å²) in [5, 5.41) is 7.56. The molecule has 0 saturated heterocycles. The third kappa shape index (κ3) is 3.00. The second kappa shape index (κ2) is 7.21. The molecule has 0 fully saturated rings. The van der Waals surface area contributed by atoms with E-state index in [1.165, 1.54) is 0 Å². The standard InChI is InChI=1S/C24H17N7S/c1-13(2)18-7-8-19(32-18)22-20-16(9-11-26-22)28-24(29-20)23-21-17(30-31-23)6-5-15(27-21)14-4-3-10-25-12-14/h3-12H,1H2,2H3,(H,28,29)(H,30,31). The van der Waals surface area contributed by atoms with Crippen molar-refractivity contribution in [3.63, 3.8) is 0 Å². The molecule has 6 aromatic rings. The summed E-state index contributed by atoms with van der Waals surface area (Å²) in [7, 11) is 0. The second-order valence-electron chi connectivity index (χ2n) is 7.49. The van der Waals surface area contributed by atoms with E-state index in [2.05, 4.69) is 43.9 Å². The molecule has 6 rings (SSSR count). The molecule has 2 N–H and O–H groups in total. The van der Waals surface area contributed by atoms with Crippen molar-refractivity contribution in [3.05, 3.63) is 72.5 Å². The Bertz CT molecular complexity index is 1610. The van der Waals surface area contributed by atoms with Crippen LogP contribution in [-0.4, -0.2) is 35.1 Å². The van der Waals surface area contributed by atoms with E-state index >= 15 is 0 Å². The van der Waals surface area contributed by atoms with Gasteiger partial charge in [-0.15, -0.1) is 11.3 Å². The van der Waals surface area contributed by atoms with Gasteiger partial charge in [-0.1, -0.05) is 6.58 Å². The molecule has 0 amide bonds. The molecule has 0 aromatic carbocycles.